The summed E-state index contributed by atoms with van der Waals surface area (Å²) in [5.41, 5.74) is 3.87. The minimum Gasteiger partial charge on any atom is -0.497 e. The van der Waals surface area contributed by atoms with Crippen LogP contribution in [-0.4, -0.2) is 18.9 Å². The van der Waals surface area contributed by atoms with Crippen molar-refractivity contribution in [1.29, 1.82) is 0 Å². The topological polar surface area (TPSA) is 50.7 Å². The van der Waals surface area contributed by atoms with Gasteiger partial charge in [0.15, 0.2) is 0 Å². The number of benzene rings is 3. The maximum atomic E-state index is 12.4. The molecule has 2 unspecified atom stereocenters. The van der Waals surface area contributed by atoms with E-state index in [4.69, 9.17) is 4.74 Å². The highest BCUT2D eigenvalue weighted by Gasteiger charge is 2.35. The first-order chi connectivity index (χ1) is 13.3. The monoisotopic (exact) mass is 356 g/mol. The van der Waals surface area contributed by atoms with E-state index in [0.29, 0.717) is 0 Å². The average Bonchev–Trinajstić information content (AvgIpc) is 2.74. The Labute approximate surface area is 158 Å². The van der Waals surface area contributed by atoms with Gasteiger partial charge in [-0.15, -0.1) is 0 Å². The summed E-state index contributed by atoms with van der Waals surface area (Å²) >= 11 is 0. The molecule has 4 heteroatoms. The van der Waals surface area contributed by atoms with E-state index in [-0.39, 0.29) is 18.0 Å². The lowest BCUT2D eigenvalue weighted by atomic mass is 9.80. The Morgan fingerprint density at radius 3 is 2.07 bits per heavy atom. The van der Waals surface area contributed by atoms with Crippen LogP contribution in [-0.2, 0) is 0 Å². The maximum absolute atomic E-state index is 12.4. The highest BCUT2D eigenvalue weighted by Crippen LogP contribution is 2.37. The van der Waals surface area contributed by atoms with E-state index in [1.54, 1.807) is 7.11 Å². The maximum Gasteiger partial charge on any atom is 0.341 e. The third-order valence-corrected chi connectivity index (χ3v) is 4.83. The standard InChI is InChI=1S/C23H20N2O2/c1-27-19-14-12-18(13-15-19)22-20(16-8-4-2-5-9-16)21(24-23(26)25-22)17-10-6-3-7-11-17/h2-15,20,22H,1H3,(H,25,26). The van der Waals surface area contributed by atoms with Gasteiger partial charge < -0.3 is 10.1 Å². The number of ether oxygens (including phenoxy) is 1. The summed E-state index contributed by atoms with van der Waals surface area (Å²) in [6.07, 6.45) is 0. The van der Waals surface area contributed by atoms with Crippen molar-refractivity contribution in [3.63, 3.8) is 0 Å². The molecule has 1 heterocycles. The molecule has 1 aliphatic heterocycles. The third-order valence-electron chi connectivity index (χ3n) is 4.83. The van der Waals surface area contributed by atoms with Crippen LogP contribution >= 0.6 is 0 Å². The van der Waals surface area contributed by atoms with Crippen LogP contribution in [0.1, 0.15) is 28.7 Å². The van der Waals surface area contributed by atoms with Crippen molar-refractivity contribution in [2.75, 3.05) is 7.11 Å². The van der Waals surface area contributed by atoms with Crippen molar-refractivity contribution in [2.24, 2.45) is 4.99 Å². The summed E-state index contributed by atoms with van der Waals surface area (Å²) in [6.45, 7) is 0. The second-order valence-corrected chi connectivity index (χ2v) is 6.45. The molecule has 0 spiro atoms. The van der Waals surface area contributed by atoms with Gasteiger partial charge in [-0.05, 0) is 28.8 Å². The molecule has 0 aromatic heterocycles. The number of aliphatic imine (C=N–C) groups is 1. The van der Waals surface area contributed by atoms with Crippen LogP contribution < -0.4 is 10.1 Å². The Bertz CT molecular complexity index is 951. The van der Waals surface area contributed by atoms with Gasteiger partial charge >= 0.3 is 6.03 Å². The minimum atomic E-state index is -0.318. The molecule has 0 bridgehead atoms. The summed E-state index contributed by atoms with van der Waals surface area (Å²) in [4.78, 5) is 16.8. The number of carbonyl (C=O) groups excluding carboxylic acids is 1. The van der Waals surface area contributed by atoms with Gasteiger partial charge in [0.05, 0.1) is 24.8 Å². The van der Waals surface area contributed by atoms with Crippen LogP contribution in [0.15, 0.2) is 89.9 Å². The molecule has 1 aliphatic rings. The first-order valence-corrected chi connectivity index (χ1v) is 8.89. The van der Waals surface area contributed by atoms with Crippen LogP contribution in [0.4, 0.5) is 4.79 Å². The van der Waals surface area contributed by atoms with Crippen LogP contribution in [0.25, 0.3) is 0 Å². The van der Waals surface area contributed by atoms with Gasteiger partial charge in [0.2, 0.25) is 0 Å². The molecular formula is C23H20N2O2. The van der Waals surface area contributed by atoms with Gasteiger partial charge in [-0.2, -0.15) is 4.99 Å². The van der Waals surface area contributed by atoms with E-state index in [2.05, 4.69) is 22.4 Å². The predicted molar refractivity (Wildman–Crippen MR) is 106 cm³/mol. The molecule has 2 atom stereocenters. The van der Waals surface area contributed by atoms with Crippen LogP contribution in [0.3, 0.4) is 0 Å². The molecule has 2 amide bonds. The SMILES string of the molecule is COc1ccc(C2NC(=O)N=C(c3ccccc3)C2c2ccccc2)cc1. The lowest BCUT2D eigenvalue weighted by molar-refractivity contribution is 0.243. The van der Waals surface area contributed by atoms with Gasteiger partial charge in [-0.3, -0.25) is 0 Å². The molecule has 0 radical (unpaired) electrons. The summed E-state index contributed by atoms with van der Waals surface area (Å²) in [6, 6.07) is 27.4. The molecule has 0 fully saturated rings. The molecule has 134 valence electrons. The zero-order chi connectivity index (χ0) is 18.6. The van der Waals surface area contributed by atoms with Crippen molar-refractivity contribution >= 4 is 11.7 Å². The molecule has 0 saturated carbocycles. The van der Waals surface area contributed by atoms with Crippen LogP contribution in [0.2, 0.25) is 0 Å². The Hall–Kier alpha value is -3.40. The van der Waals surface area contributed by atoms with E-state index < -0.39 is 0 Å². The first kappa shape index (κ1) is 17.0. The van der Waals surface area contributed by atoms with E-state index >= 15 is 0 Å². The van der Waals surface area contributed by atoms with Crippen molar-refractivity contribution in [1.82, 2.24) is 5.32 Å². The Balaban J connectivity index is 1.84. The van der Waals surface area contributed by atoms with Crippen molar-refractivity contribution in [3.05, 3.63) is 102 Å². The summed E-state index contributed by atoms with van der Waals surface area (Å²) < 4.78 is 5.27. The fourth-order valence-electron chi connectivity index (χ4n) is 3.54. The molecule has 4 nitrogen and oxygen atoms in total. The van der Waals surface area contributed by atoms with Crippen LogP contribution in [0.5, 0.6) is 5.75 Å². The largest absolute Gasteiger partial charge is 0.497 e. The predicted octanol–water partition coefficient (Wildman–Crippen LogP) is 4.73. The highest BCUT2D eigenvalue weighted by atomic mass is 16.5. The molecule has 0 aliphatic carbocycles. The number of nitrogens with zero attached hydrogens (tertiary/aromatic N) is 1. The Morgan fingerprint density at radius 1 is 0.815 bits per heavy atom. The van der Waals surface area contributed by atoms with Crippen molar-refractivity contribution in [3.8, 4) is 5.75 Å². The molecule has 3 aromatic carbocycles. The van der Waals surface area contributed by atoms with E-state index in [1.807, 2.05) is 72.8 Å². The fourth-order valence-corrected chi connectivity index (χ4v) is 3.54. The fraction of sp³-hybridized carbons (Fsp3) is 0.130. The number of rotatable bonds is 4. The highest BCUT2D eigenvalue weighted by molar-refractivity contribution is 6.12. The van der Waals surface area contributed by atoms with Crippen LogP contribution in [0, 0.1) is 0 Å². The van der Waals surface area contributed by atoms with Gasteiger partial charge in [-0.25, -0.2) is 4.79 Å². The number of hydrogen-bond acceptors (Lipinski definition) is 2. The number of amides is 2. The van der Waals surface area contributed by atoms with Crippen molar-refractivity contribution < 1.29 is 9.53 Å². The lowest BCUT2D eigenvalue weighted by Gasteiger charge is -2.33. The second kappa shape index (κ2) is 7.46. The average molecular weight is 356 g/mol. The smallest absolute Gasteiger partial charge is 0.341 e. The third kappa shape index (κ3) is 3.47. The molecule has 3 aromatic rings. The first-order valence-electron chi connectivity index (χ1n) is 8.89. The number of nitrogens with one attached hydrogen (secondary N) is 1. The van der Waals surface area contributed by atoms with E-state index in [9.17, 15) is 4.79 Å². The van der Waals surface area contributed by atoms with Gasteiger partial charge in [0.1, 0.15) is 5.75 Å². The Morgan fingerprint density at radius 2 is 1.44 bits per heavy atom. The summed E-state index contributed by atoms with van der Waals surface area (Å²) in [5.74, 6) is 0.703. The number of urea groups is 1. The van der Waals surface area contributed by atoms with Crippen molar-refractivity contribution in [2.45, 2.75) is 12.0 Å². The van der Waals surface area contributed by atoms with Gasteiger partial charge in [0.25, 0.3) is 0 Å². The second-order valence-electron chi connectivity index (χ2n) is 6.45. The molecular weight excluding hydrogens is 336 g/mol. The summed E-state index contributed by atoms with van der Waals surface area (Å²) in [5, 5.41) is 3.05. The number of carbonyl (C=O) groups is 1. The minimum absolute atomic E-state index is 0.0836. The molecule has 1 N–H and O–H groups in total. The summed E-state index contributed by atoms with van der Waals surface area (Å²) in [7, 11) is 1.64. The number of methoxy groups -OCH3 is 1. The zero-order valence-corrected chi connectivity index (χ0v) is 15.0. The quantitative estimate of drug-likeness (QED) is 0.734. The lowest BCUT2D eigenvalue weighted by Crippen LogP contribution is -2.40. The number of hydrogen-bond donors (Lipinski definition) is 1. The molecule has 27 heavy (non-hydrogen) atoms. The normalized spacial score (nSPS) is 19.1. The molecule has 4 rings (SSSR count). The molecule has 0 saturated heterocycles. The van der Waals surface area contributed by atoms with E-state index in [0.717, 1.165) is 28.2 Å². The van der Waals surface area contributed by atoms with Gasteiger partial charge in [0, 0.05) is 0 Å². The van der Waals surface area contributed by atoms with E-state index in [1.165, 1.54) is 0 Å². The zero-order valence-electron chi connectivity index (χ0n) is 15.0. The Kier molecular flexibility index (Phi) is 4.71. The van der Waals surface area contributed by atoms with Gasteiger partial charge in [-0.1, -0.05) is 72.8 Å².